The number of carbonyl (C=O) groups excluding carboxylic acids is 1. The molecule has 0 saturated carbocycles. The van der Waals surface area contributed by atoms with Crippen molar-refractivity contribution in [1.82, 2.24) is 14.4 Å². The number of aromatic amines is 1. The summed E-state index contributed by atoms with van der Waals surface area (Å²) < 4.78 is 37.5. The Morgan fingerprint density at radius 1 is 1.19 bits per heavy atom. The molecule has 3 aromatic rings. The van der Waals surface area contributed by atoms with Crippen LogP contribution in [0.15, 0.2) is 56.7 Å². The van der Waals surface area contributed by atoms with E-state index in [1.54, 1.807) is 36.4 Å². The summed E-state index contributed by atoms with van der Waals surface area (Å²) in [6.45, 7) is 3.10. The number of amides is 1. The topological polar surface area (TPSA) is 135 Å². The molecule has 0 aliphatic carbocycles. The first-order chi connectivity index (χ1) is 15.4. The lowest BCUT2D eigenvalue weighted by Gasteiger charge is -2.27. The number of nitrogens with one attached hydrogen (secondary N) is 2. The number of H-pyrrole nitrogens is 1. The molecule has 4 rings (SSSR count). The molecule has 2 heterocycles. The van der Waals surface area contributed by atoms with Crippen molar-refractivity contribution in [2.75, 3.05) is 31.6 Å². The van der Waals surface area contributed by atoms with Gasteiger partial charge in [-0.25, -0.2) is 13.2 Å². The summed E-state index contributed by atoms with van der Waals surface area (Å²) in [6, 6.07) is 11.4. The van der Waals surface area contributed by atoms with Gasteiger partial charge in [-0.05, 0) is 36.2 Å². The second-order valence-electron chi connectivity index (χ2n) is 7.17. The second kappa shape index (κ2) is 9.07. The Morgan fingerprint density at radius 2 is 1.97 bits per heavy atom. The van der Waals surface area contributed by atoms with E-state index in [1.165, 1.54) is 10.4 Å². The summed E-state index contributed by atoms with van der Waals surface area (Å²) >= 11 is 0. The first-order valence-corrected chi connectivity index (χ1v) is 11.5. The molecule has 1 amide bonds. The zero-order valence-corrected chi connectivity index (χ0v) is 18.1. The first-order valence-electron chi connectivity index (χ1n) is 10.1. The van der Waals surface area contributed by atoms with Crippen LogP contribution < -0.4 is 11.1 Å². The lowest BCUT2D eigenvalue weighted by Crippen LogP contribution is -2.41. The fourth-order valence-corrected chi connectivity index (χ4v) is 5.18. The number of rotatable bonds is 6. The second-order valence-corrected chi connectivity index (χ2v) is 9.08. The summed E-state index contributed by atoms with van der Waals surface area (Å²) in [5.41, 5.74) is 1.86. The highest BCUT2D eigenvalue weighted by Crippen LogP contribution is 2.25. The highest BCUT2D eigenvalue weighted by molar-refractivity contribution is 7.89. The van der Waals surface area contributed by atoms with Crippen LogP contribution in [0.3, 0.4) is 0 Å². The van der Waals surface area contributed by atoms with Gasteiger partial charge in [0, 0.05) is 29.9 Å². The van der Waals surface area contributed by atoms with Gasteiger partial charge in [-0.3, -0.25) is 14.3 Å². The van der Waals surface area contributed by atoms with Crippen molar-refractivity contribution in [2.24, 2.45) is 0 Å². The number of morpholine rings is 1. The summed E-state index contributed by atoms with van der Waals surface area (Å²) in [6.07, 6.45) is 0.513. The molecule has 1 saturated heterocycles. The van der Waals surface area contributed by atoms with Crippen LogP contribution in [0.2, 0.25) is 0 Å². The van der Waals surface area contributed by atoms with Crippen LogP contribution in [-0.4, -0.2) is 55.1 Å². The number of hydrogen-bond acceptors (Lipinski definition) is 7. The number of anilines is 1. The van der Waals surface area contributed by atoms with Crippen molar-refractivity contribution in [3.8, 4) is 11.4 Å². The van der Waals surface area contributed by atoms with Crippen molar-refractivity contribution in [1.29, 1.82) is 0 Å². The van der Waals surface area contributed by atoms with Gasteiger partial charge in [-0.1, -0.05) is 30.3 Å². The zero-order chi connectivity index (χ0) is 22.7. The molecule has 0 unspecified atom stereocenters. The number of ether oxygens (including phenoxy) is 1. The van der Waals surface area contributed by atoms with E-state index in [0.717, 1.165) is 0 Å². The third-order valence-electron chi connectivity index (χ3n) is 5.13. The van der Waals surface area contributed by atoms with Gasteiger partial charge >= 0.3 is 5.76 Å². The van der Waals surface area contributed by atoms with Gasteiger partial charge in [-0.15, -0.1) is 0 Å². The van der Waals surface area contributed by atoms with Gasteiger partial charge in [0.2, 0.25) is 10.0 Å². The van der Waals surface area contributed by atoms with Crippen LogP contribution >= 0.6 is 0 Å². The lowest BCUT2D eigenvalue weighted by molar-refractivity contribution is 0.0730. The van der Waals surface area contributed by atoms with E-state index in [-0.39, 0.29) is 29.4 Å². The summed E-state index contributed by atoms with van der Waals surface area (Å²) in [5, 5.41) is 6.38. The Hall–Kier alpha value is -3.28. The minimum atomic E-state index is -3.75. The number of aryl methyl sites for hydroxylation is 1. The van der Waals surface area contributed by atoms with E-state index in [9.17, 15) is 18.0 Å². The van der Waals surface area contributed by atoms with Gasteiger partial charge in [0.15, 0.2) is 5.82 Å². The van der Waals surface area contributed by atoms with E-state index >= 15 is 0 Å². The van der Waals surface area contributed by atoms with Crippen molar-refractivity contribution in [3.63, 3.8) is 0 Å². The monoisotopic (exact) mass is 458 g/mol. The molecule has 1 aromatic heterocycles. The molecule has 1 aliphatic rings. The Labute approximate surface area is 184 Å². The Bertz CT molecular complexity index is 1290. The van der Waals surface area contributed by atoms with Crippen LogP contribution in [-0.2, 0) is 21.2 Å². The first kappa shape index (κ1) is 21.9. The van der Waals surface area contributed by atoms with Crippen LogP contribution in [0.5, 0.6) is 0 Å². The fourth-order valence-electron chi connectivity index (χ4n) is 3.46. The van der Waals surface area contributed by atoms with E-state index in [0.29, 0.717) is 36.4 Å². The third-order valence-corrected chi connectivity index (χ3v) is 7.11. The average molecular weight is 458 g/mol. The number of nitrogens with zero attached hydrogens (tertiary/aromatic N) is 2. The molecule has 2 aromatic carbocycles. The maximum Gasteiger partial charge on any atom is 0.439 e. The number of benzene rings is 2. The largest absolute Gasteiger partial charge is 0.439 e. The minimum Gasteiger partial charge on any atom is -0.379 e. The molecule has 0 radical (unpaired) electrons. The molecular formula is C21H22N4O6S. The molecule has 1 fully saturated rings. The molecular weight excluding hydrogens is 436 g/mol. The summed E-state index contributed by atoms with van der Waals surface area (Å²) in [7, 11) is -3.75. The number of aromatic nitrogens is 2. The Kier molecular flexibility index (Phi) is 6.21. The molecule has 168 valence electrons. The summed E-state index contributed by atoms with van der Waals surface area (Å²) in [4.78, 5) is 26.6. The minimum absolute atomic E-state index is 0.128. The average Bonchev–Trinajstić information content (AvgIpc) is 3.25. The van der Waals surface area contributed by atoms with Gasteiger partial charge < -0.3 is 10.1 Å². The highest BCUT2D eigenvalue weighted by atomic mass is 32.2. The smallest absolute Gasteiger partial charge is 0.379 e. The maximum atomic E-state index is 13.2. The zero-order valence-electron chi connectivity index (χ0n) is 17.3. The van der Waals surface area contributed by atoms with Gasteiger partial charge in [0.05, 0.1) is 18.1 Å². The summed E-state index contributed by atoms with van der Waals surface area (Å²) in [5.74, 6) is -0.909. The van der Waals surface area contributed by atoms with E-state index in [4.69, 9.17) is 4.74 Å². The van der Waals surface area contributed by atoms with Gasteiger partial charge in [0.1, 0.15) is 0 Å². The van der Waals surface area contributed by atoms with Gasteiger partial charge in [-0.2, -0.15) is 4.31 Å². The molecule has 0 spiro atoms. The third kappa shape index (κ3) is 4.49. The van der Waals surface area contributed by atoms with Crippen LogP contribution in [0.4, 0.5) is 5.69 Å². The van der Waals surface area contributed by atoms with E-state index < -0.39 is 21.7 Å². The molecule has 11 heteroatoms. The molecule has 10 nitrogen and oxygen atoms in total. The molecule has 2 N–H and O–H groups in total. The SMILES string of the molecule is CCc1ccc(C(=O)Nc2cccc(-c3noc(=O)[nH]3)c2)cc1S(=O)(=O)N1CCOCC1. The molecule has 32 heavy (non-hydrogen) atoms. The molecule has 1 aliphatic heterocycles. The predicted octanol–water partition coefficient (Wildman–Crippen LogP) is 1.87. The maximum absolute atomic E-state index is 13.2. The predicted molar refractivity (Wildman–Crippen MR) is 116 cm³/mol. The van der Waals surface area contributed by atoms with Crippen LogP contribution in [0.1, 0.15) is 22.8 Å². The number of sulfonamides is 1. The van der Waals surface area contributed by atoms with Crippen molar-refractivity contribution < 1.29 is 22.5 Å². The number of hydrogen-bond donors (Lipinski definition) is 2. The van der Waals surface area contributed by atoms with Crippen LogP contribution in [0.25, 0.3) is 11.4 Å². The van der Waals surface area contributed by atoms with Crippen molar-refractivity contribution in [2.45, 2.75) is 18.2 Å². The highest BCUT2D eigenvalue weighted by Gasteiger charge is 2.29. The molecule has 0 atom stereocenters. The Balaban J connectivity index is 1.61. The van der Waals surface area contributed by atoms with E-state index in [2.05, 4.69) is 20.0 Å². The standard InChI is InChI=1S/C21H22N4O6S/c1-2-14-6-7-16(13-18(14)32(28,29)25-8-10-30-11-9-25)20(26)22-17-5-3-4-15(12-17)19-23-21(27)31-24-19/h3-7,12-13H,2,8-11H2,1H3,(H,22,26)(H,23,24,27). The van der Waals surface area contributed by atoms with Crippen molar-refractivity contribution in [3.05, 3.63) is 64.1 Å². The normalized spacial score (nSPS) is 14.9. The number of carbonyl (C=O) groups is 1. The van der Waals surface area contributed by atoms with E-state index in [1.807, 2.05) is 6.92 Å². The fraction of sp³-hybridized carbons (Fsp3) is 0.286. The lowest BCUT2D eigenvalue weighted by atomic mass is 10.1. The Morgan fingerprint density at radius 3 is 2.66 bits per heavy atom. The molecule has 0 bridgehead atoms. The van der Waals surface area contributed by atoms with Crippen LogP contribution in [0, 0.1) is 0 Å². The quantitative estimate of drug-likeness (QED) is 0.576. The van der Waals surface area contributed by atoms with Gasteiger partial charge in [0.25, 0.3) is 5.91 Å². The van der Waals surface area contributed by atoms with Crippen molar-refractivity contribution >= 4 is 21.6 Å².